The van der Waals surface area contributed by atoms with Crippen LogP contribution in [0.5, 0.6) is 5.75 Å². The van der Waals surface area contributed by atoms with Crippen molar-refractivity contribution in [2.45, 2.75) is 19.9 Å². The molecule has 7 nitrogen and oxygen atoms in total. The number of amides is 1. The van der Waals surface area contributed by atoms with Crippen molar-refractivity contribution in [3.05, 3.63) is 99.0 Å². The van der Waals surface area contributed by atoms with Crippen LogP contribution in [0.4, 0.5) is 0 Å². The summed E-state index contributed by atoms with van der Waals surface area (Å²) in [5.41, 5.74) is 2.02. The average Bonchev–Trinajstić information content (AvgIpc) is 2.93. The van der Waals surface area contributed by atoms with E-state index in [0.29, 0.717) is 55.1 Å². The molecule has 190 valence electrons. The Kier molecular flexibility index (Phi) is 7.39. The molecule has 3 aromatic carbocycles. The minimum absolute atomic E-state index is 0.0370. The van der Waals surface area contributed by atoms with E-state index < -0.39 is 0 Å². The molecule has 5 rings (SSSR count). The van der Waals surface area contributed by atoms with Gasteiger partial charge in [-0.25, -0.2) is 4.98 Å². The lowest BCUT2D eigenvalue weighted by atomic mass is 10.1. The fraction of sp³-hybridized carbons (Fsp3) is 0.276. The van der Waals surface area contributed by atoms with Gasteiger partial charge in [0.1, 0.15) is 11.6 Å². The van der Waals surface area contributed by atoms with Crippen molar-refractivity contribution in [1.29, 1.82) is 0 Å². The van der Waals surface area contributed by atoms with Gasteiger partial charge in [-0.15, -0.1) is 0 Å². The molecular formula is C29H29BrN4O3. The van der Waals surface area contributed by atoms with Crippen molar-refractivity contribution >= 4 is 32.7 Å². The maximum absolute atomic E-state index is 13.7. The van der Waals surface area contributed by atoms with E-state index >= 15 is 0 Å². The topological polar surface area (TPSA) is 67.7 Å². The highest BCUT2D eigenvalue weighted by Crippen LogP contribution is 2.25. The number of hydrogen-bond acceptors (Lipinski definition) is 5. The van der Waals surface area contributed by atoms with Crippen molar-refractivity contribution in [2.24, 2.45) is 0 Å². The van der Waals surface area contributed by atoms with Gasteiger partial charge in [0, 0.05) is 36.2 Å². The Balaban J connectivity index is 1.43. The molecule has 1 saturated heterocycles. The van der Waals surface area contributed by atoms with Gasteiger partial charge in [0.25, 0.3) is 11.5 Å². The zero-order valence-electron chi connectivity index (χ0n) is 20.9. The molecule has 1 atom stereocenters. The number of nitrogens with zero attached hydrogens (tertiary/aromatic N) is 4. The Morgan fingerprint density at radius 2 is 1.65 bits per heavy atom. The Morgan fingerprint density at radius 1 is 0.973 bits per heavy atom. The smallest absolute Gasteiger partial charge is 0.266 e. The van der Waals surface area contributed by atoms with E-state index in [9.17, 15) is 9.59 Å². The summed E-state index contributed by atoms with van der Waals surface area (Å²) in [5, 5.41) is 0.581. The molecule has 1 fully saturated rings. The highest BCUT2D eigenvalue weighted by atomic mass is 79.9. The van der Waals surface area contributed by atoms with Crippen LogP contribution in [0.3, 0.4) is 0 Å². The number of aromatic nitrogens is 2. The lowest BCUT2D eigenvalue weighted by molar-refractivity contribution is 0.0573. The van der Waals surface area contributed by atoms with E-state index in [1.54, 1.807) is 4.57 Å². The molecule has 1 aliphatic rings. The van der Waals surface area contributed by atoms with Crippen LogP contribution in [0.2, 0.25) is 0 Å². The largest absolute Gasteiger partial charge is 0.494 e. The molecule has 2 heterocycles. The van der Waals surface area contributed by atoms with Crippen LogP contribution in [0.1, 0.15) is 36.1 Å². The van der Waals surface area contributed by atoms with Gasteiger partial charge in [0.15, 0.2) is 0 Å². The van der Waals surface area contributed by atoms with Gasteiger partial charge in [-0.05, 0) is 74.5 Å². The van der Waals surface area contributed by atoms with Gasteiger partial charge in [0.05, 0.1) is 29.2 Å². The Hall–Kier alpha value is -3.49. The fourth-order valence-electron chi connectivity index (χ4n) is 4.79. The monoisotopic (exact) mass is 560 g/mol. The molecule has 0 radical (unpaired) electrons. The highest BCUT2D eigenvalue weighted by molar-refractivity contribution is 9.10. The predicted molar refractivity (Wildman–Crippen MR) is 149 cm³/mol. The van der Waals surface area contributed by atoms with Crippen LogP contribution >= 0.6 is 15.9 Å². The molecule has 1 unspecified atom stereocenters. The van der Waals surface area contributed by atoms with Gasteiger partial charge in [-0.2, -0.15) is 0 Å². The minimum atomic E-state index is -0.131. The van der Waals surface area contributed by atoms with Gasteiger partial charge < -0.3 is 9.64 Å². The first-order valence-electron chi connectivity index (χ1n) is 12.5. The minimum Gasteiger partial charge on any atom is -0.494 e. The number of hydrogen-bond donors (Lipinski definition) is 0. The van der Waals surface area contributed by atoms with Gasteiger partial charge >= 0.3 is 0 Å². The lowest BCUT2D eigenvalue weighted by Crippen LogP contribution is -2.50. The first-order valence-corrected chi connectivity index (χ1v) is 13.3. The molecule has 1 aromatic heterocycles. The predicted octanol–water partition coefficient (Wildman–Crippen LogP) is 5.07. The second-order valence-corrected chi connectivity index (χ2v) is 9.98. The quantitative estimate of drug-likeness (QED) is 0.329. The van der Waals surface area contributed by atoms with Gasteiger partial charge in [-0.3, -0.25) is 19.1 Å². The van der Waals surface area contributed by atoms with Crippen LogP contribution in [0.25, 0.3) is 16.6 Å². The molecule has 0 aliphatic carbocycles. The number of rotatable bonds is 6. The van der Waals surface area contributed by atoms with Crippen LogP contribution < -0.4 is 10.3 Å². The van der Waals surface area contributed by atoms with E-state index in [0.717, 1.165) is 15.9 Å². The first-order chi connectivity index (χ1) is 18.0. The summed E-state index contributed by atoms with van der Waals surface area (Å²) in [7, 11) is 0. The third-order valence-corrected chi connectivity index (χ3v) is 7.35. The maximum Gasteiger partial charge on any atom is 0.266 e. The maximum atomic E-state index is 13.7. The van der Waals surface area contributed by atoms with Crippen molar-refractivity contribution in [2.75, 3.05) is 32.8 Å². The number of piperazine rings is 1. The standard InChI is InChI=1S/C29H29BrN4O3/c1-3-37-24-14-12-23(13-15-24)34-27(31-26-7-5-4-6-25(26)29(34)36)20(2)32-16-18-33(19-17-32)28(35)21-8-10-22(30)11-9-21/h4-15,20H,3,16-19H2,1-2H3. The zero-order valence-corrected chi connectivity index (χ0v) is 22.5. The summed E-state index contributed by atoms with van der Waals surface area (Å²) >= 11 is 3.42. The number of benzene rings is 3. The summed E-state index contributed by atoms with van der Waals surface area (Å²) in [5.74, 6) is 1.48. The summed E-state index contributed by atoms with van der Waals surface area (Å²) in [6.45, 7) is 7.20. The number of carbonyl (C=O) groups excluding carboxylic acids is 1. The highest BCUT2D eigenvalue weighted by Gasteiger charge is 2.28. The average molecular weight is 561 g/mol. The van der Waals surface area contributed by atoms with Gasteiger partial charge in [0.2, 0.25) is 0 Å². The Bertz CT molecular complexity index is 1460. The van der Waals surface area contributed by atoms with Crippen molar-refractivity contribution in [1.82, 2.24) is 19.4 Å². The van der Waals surface area contributed by atoms with Gasteiger partial charge in [-0.1, -0.05) is 28.1 Å². The number of halogens is 1. The second kappa shape index (κ2) is 10.9. The SMILES string of the molecule is CCOc1ccc(-n2c(C(C)N3CCN(C(=O)c4ccc(Br)cc4)CC3)nc3ccccc3c2=O)cc1. The van der Waals surface area contributed by atoms with Crippen LogP contribution in [-0.4, -0.2) is 58.0 Å². The molecule has 8 heteroatoms. The van der Waals surface area contributed by atoms with E-state index in [2.05, 4.69) is 27.8 Å². The van der Waals surface area contributed by atoms with Crippen LogP contribution in [0.15, 0.2) is 82.1 Å². The Morgan fingerprint density at radius 3 is 2.32 bits per heavy atom. The number of fused-ring (bicyclic) bond motifs is 1. The third-order valence-electron chi connectivity index (χ3n) is 6.82. The molecule has 1 amide bonds. The van der Waals surface area contributed by atoms with Crippen molar-refractivity contribution in [3.63, 3.8) is 0 Å². The van der Waals surface area contributed by atoms with Crippen molar-refractivity contribution in [3.8, 4) is 11.4 Å². The molecule has 1 aliphatic heterocycles. The second-order valence-electron chi connectivity index (χ2n) is 9.07. The lowest BCUT2D eigenvalue weighted by Gasteiger charge is -2.38. The van der Waals surface area contributed by atoms with Crippen molar-refractivity contribution < 1.29 is 9.53 Å². The molecule has 0 N–H and O–H groups in total. The number of ether oxygens (including phenoxy) is 1. The first kappa shape index (κ1) is 25.2. The molecule has 4 aromatic rings. The van der Waals surface area contributed by atoms with Crippen LogP contribution in [-0.2, 0) is 0 Å². The van der Waals surface area contributed by atoms with Crippen LogP contribution in [0, 0.1) is 0 Å². The summed E-state index contributed by atoms with van der Waals surface area (Å²) in [6, 6.07) is 22.3. The summed E-state index contributed by atoms with van der Waals surface area (Å²) in [6.07, 6.45) is 0. The third kappa shape index (κ3) is 5.17. The molecule has 0 spiro atoms. The Labute approximate surface area is 224 Å². The summed E-state index contributed by atoms with van der Waals surface area (Å²) in [4.78, 5) is 35.8. The normalized spacial score (nSPS) is 15.1. The van der Waals surface area contributed by atoms with E-state index in [4.69, 9.17) is 9.72 Å². The molecule has 37 heavy (non-hydrogen) atoms. The van der Waals surface area contributed by atoms with E-state index in [1.165, 1.54) is 0 Å². The molecule has 0 bridgehead atoms. The number of para-hydroxylation sites is 1. The zero-order chi connectivity index (χ0) is 25.9. The van der Waals surface area contributed by atoms with E-state index in [1.807, 2.05) is 84.6 Å². The molecular weight excluding hydrogens is 532 g/mol. The number of carbonyl (C=O) groups is 1. The molecule has 0 saturated carbocycles. The van der Waals surface area contributed by atoms with E-state index in [-0.39, 0.29) is 17.5 Å². The summed E-state index contributed by atoms with van der Waals surface area (Å²) < 4.78 is 8.25. The fourth-order valence-corrected chi connectivity index (χ4v) is 5.05.